The van der Waals surface area contributed by atoms with Gasteiger partial charge in [0.25, 0.3) is 0 Å². The Morgan fingerprint density at radius 2 is 1.70 bits per heavy atom. The van der Waals surface area contributed by atoms with Crippen LogP contribution in [0.1, 0.15) is 13.3 Å². The van der Waals surface area contributed by atoms with Gasteiger partial charge in [0, 0.05) is 0 Å². The van der Waals surface area contributed by atoms with E-state index in [1.54, 1.807) is 0 Å². The Bertz CT molecular complexity index is 126. The maximum absolute atomic E-state index is 12.2. The van der Waals surface area contributed by atoms with Gasteiger partial charge in [0.15, 0.2) is 12.0 Å². The fourth-order valence-electron chi connectivity index (χ4n) is 0.434. The fourth-order valence-corrected chi connectivity index (χ4v) is 0.434. The number of carbonyl (C=O) groups excluding carboxylic acids is 1. The van der Waals surface area contributed by atoms with Crippen molar-refractivity contribution < 1.29 is 22.4 Å². The number of carbonyl (C=O) groups is 1. The zero-order chi connectivity index (χ0) is 8.41. The van der Waals surface area contributed by atoms with Crippen molar-refractivity contribution in [2.75, 3.05) is 0 Å². The highest BCUT2D eigenvalue weighted by molar-refractivity contribution is 5.61. The van der Waals surface area contributed by atoms with Gasteiger partial charge in [-0.25, -0.2) is 4.39 Å². The SMILES string of the molecule is CC(F)(C=O)CC(F)(F)F. The highest BCUT2D eigenvalue weighted by Crippen LogP contribution is 2.28. The summed E-state index contributed by atoms with van der Waals surface area (Å²) in [5.41, 5.74) is -2.78. The molecule has 1 atom stereocenters. The minimum atomic E-state index is -4.62. The molecule has 0 aliphatic heterocycles. The van der Waals surface area contributed by atoms with Crippen LogP contribution in [0.3, 0.4) is 0 Å². The first kappa shape index (κ1) is 9.39. The van der Waals surface area contributed by atoms with E-state index in [1.165, 1.54) is 0 Å². The van der Waals surface area contributed by atoms with Crippen molar-refractivity contribution in [2.24, 2.45) is 0 Å². The second kappa shape index (κ2) is 2.56. The van der Waals surface area contributed by atoms with E-state index in [4.69, 9.17) is 0 Å². The third kappa shape index (κ3) is 4.29. The largest absolute Gasteiger partial charge is 0.392 e. The van der Waals surface area contributed by atoms with Gasteiger partial charge in [-0.15, -0.1) is 0 Å². The summed E-state index contributed by atoms with van der Waals surface area (Å²) in [7, 11) is 0. The normalized spacial score (nSPS) is 18.1. The predicted molar refractivity (Wildman–Crippen MR) is 26.2 cm³/mol. The van der Waals surface area contributed by atoms with Crippen LogP contribution in [0.15, 0.2) is 0 Å². The zero-order valence-corrected chi connectivity index (χ0v) is 5.20. The molecule has 60 valence electrons. The summed E-state index contributed by atoms with van der Waals surface area (Å²) in [6, 6.07) is 0. The lowest BCUT2D eigenvalue weighted by Gasteiger charge is -2.14. The van der Waals surface area contributed by atoms with Crippen LogP contribution in [-0.4, -0.2) is 18.1 Å². The Labute approximate surface area is 55.0 Å². The smallest absolute Gasteiger partial charge is 0.300 e. The molecule has 0 fully saturated rings. The molecular weight excluding hydrogens is 152 g/mol. The molecule has 0 amide bonds. The quantitative estimate of drug-likeness (QED) is 0.442. The van der Waals surface area contributed by atoms with E-state index in [2.05, 4.69) is 0 Å². The topological polar surface area (TPSA) is 17.1 Å². The predicted octanol–water partition coefficient (Wildman–Crippen LogP) is 1.87. The van der Waals surface area contributed by atoms with Crippen LogP contribution < -0.4 is 0 Å². The van der Waals surface area contributed by atoms with Gasteiger partial charge in [0.05, 0.1) is 6.42 Å². The number of rotatable bonds is 2. The molecule has 0 spiro atoms. The van der Waals surface area contributed by atoms with Gasteiger partial charge >= 0.3 is 6.18 Å². The summed E-state index contributed by atoms with van der Waals surface area (Å²) in [5.74, 6) is 0. The maximum atomic E-state index is 12.2. The third-order valence-electron chi connectivity index (χ3n) is 0.792. The van der Waals surface area contributed by atoms with E-state index in [-0.39, 0.29) is 6.29 Å². The Hall–Kier alpha value is -0.610. The number of aldehydes is 1. The molecule has 0 N–H and O–H groups in total. The number of hydrogen-bond acceptors (Lipinski definition) is 1. The first-order valence-electron chi connectivity index (χ1n) is 2.49. The standard InChI is InChI=1S/C5H6F4O/c1-4(6,3-10)2-5(7,8)9/h3H,2H2,1H3. The monoisotopic (exact) mass is 158 g/mol. The highest BCUT2D eigenvalue weighted by atomic mass is 19.4. The lowest BCUT2D eigenvalue weighted by molar-refractivity contribution is -0.162. The molecule has 0 saturated carbocycles. The zero-order valence-electron chi connectivity index (χ0n) is 5.20. The summed E-state index contributed by atoms with van der Waals surface area (Å²) >= 11 is 0. The van der Waals surface area contributed by atoms with Crippen molar-refractivity contribution in [2.45, 2.75) is 25.2 Å². The summed E-state index contributed by atoms with van der Waals surface area (Å²) in [4.78, 5) is 9.63. The highest BCUT2D eigenvalue weighted by Gasteiger charge is 2.39. The Kier molecular flexibility index (Phi) is 2.40. The van der Waals surface area contributed by atoms with Crippen molar-refractivity contribution in [3.63, 3.8) is 0 Å². The van der Waals surface area contributed by atoms with Crippen LogP contribution in [-0.2, 0) is 4.79 Å². The van der Waals surface area contributed by atoms with Crippen molar-refractivity contribution in [3.8, 4) is 0 Å². The van der Waals surface area contributed by atoms with Crippen LogP contribution in [0.4, 0.5) is 17.6 Å². The fraction of sp³-hybridized carbons (Fsp3) is 0.800. The van der Waals surface area contributed by atoms with Gasteiger partial charge in [-0.1, -0.05) is 0 Å². The minimum absolute atomic E-state index is 0.347. The van der Waals surface area contributed by atoms with Crippen LogP contribution in [0.5, 0.6) is 0 Å². The first-order valence-corrected chi connectivity index (χ1v) is 2.49. The first-order chi connectivity index (χ1) is 4.27. The summed E-state index contributed by atoms with van der Waals surface area (Å²) < 4.78 is 46.2. The van der Waals surface area contributed by atoms with Crippen molar-refractivity contribution in [1.29, 1.82) is 0 Å². The van der Waals surface area contributed by atoms with E-state index in [1.807, 2.05) is 0 Å². The average molecular weight is 158 g/mol. The maximum Gasteiger partial charge on any atom is 0.392 e. The molecule has 1 unspecified atom stereocenters. The second-order valence-corrected chi connectivity index (χ2v) is 2.19. The molecule has 0 saturated heterocycles. The molecule has 0 bridgehead atoms. The number of hydrogen-bond donors (Lipinski definition) is 0. The van der Waals surface area contributed by atoms with Gasteiger partial charge in [0.2, 0.25) is 0 Å². The molecule has 0 heterocycles. The lowest BCUT2D eigenvalue weighted by Crippen LogP contribution is -2.28. The number of alkyl halides is 4. The summed E-state index contributed by atoms with van der Waals surface area (Å²) in [5, 5.41) is 0. The van der Waals surface area contributed by atoms with Gasteiger partial charge in [0.1, 0.15) is 0 Å². The molecule has 0 radical (unpaired) electrons. The lowest BCUT2D eigenvalue weighted by atomic mass is 10.1. The molecule has 0 aliphatic carbocycles. The molecule has 0 rings (SSSR count). The van der Waals surface area contributed by atoms with E-state index >= 15 is 0 Å². The van der Waals surface area contributed by atoms with Crippen LogP contribution in [0.2, 0.25) is 0 Å². The Morgan fingerprint density at radius 1 is 1.30 bits per heavy atom. The van der Waals surface area contributed by atoms with Gasteiger partial charge in [-0.05, 0) is 6.92 Å². The van der Waals surface area contributed by atoms with E-state index < -0.39 is 18.3 Å². The Morgan fingerprint density at radius 3 is 1.80 bits per heavy atom. The van der Waals surface area contributed by atoms with Crippen molar-refractivity contribution in [1.82, 2.24) is 0 Å². The molecule has 10 heavy (non-hydrogen) atoms. The van der Waals surface area contributed by atoms with E-state index in [0.29, 0.717) is 6.92 Å². The molecule has 0 aromatic heterocycles. The van der Waals surface area contributed by atoms with Crippen LogP contribution >= 0.6 is 0 Å². The minimum Gasteiger partial charge on any atom is -0.300 e. The summed E-state index contributed by atoms with van der Waals surface area (Å²) in [6.07, 6.45) is -6.69. The molecular formula is C5H6F4O. The van der Waals surface area contributed by atoms with Crippen LogP contribution in [0.25, 0.3) is 0 Å². The second-order valence-electron chi connectivity index (χ2n) is 2.19. The number of halogens is 4. The Balaban J connectivity index is 4.01. The average Bonchev–Trinajstić information content (AvgIpc) is 1.60. The summed E-state index contributed by atoms with van der Waals surface area (Å²) in [6.45, 7) is 0.591. The molecule has 0 aliphatic rings. The van der Waals surface area contributed by atoms with Crippen molar-refractivity contribution in [3.05, 3.63) is 0 Å². The van der Waals surface area contributed by atoms with Crippen molar-refractivity contribution >= 4 is 6.29 Å². The van der Waals surface area contributed by atoms with E-state index in [0.717, 1.165) is 0 Å². The van der Waals surface area contributed by atoms with Gasteiger partial charge in [-0.3, -0.25) is 4.79 Å². The molecule has 0 aromatic rings. The van der Waals surface area contributed by atoms with E-state index in [9.17, 15) is 22.4 Å². The van der Waals surface area contributed by atoms with Gasteiger partial charge in [-0.2, -0.15) is 13.2 Å². The third-order valence-corrected chi connectivity index (χ3v) is 0.792. The molecule has 0 aromatic carbocycles. The molecule has 5 heteroatoms. The van der Waals surface area contributed by atoms with Crippen LogP contribution in [0, 0.1) is 0 Å². The molecule has 1 nitrogen and oxygen atoms in total. The van der Waals surface area contributed by atoms with Gasteiger partial charge < -0.3 is 0 Å².